The van der Waals surface area contributed by atoms with Crippen LogP contribution < -0.4 is 0 Å². The number of carbonyl (C=O) groups is 1. The van der Waals surface area contributed by atoms with Crippen molar-refractivity contribution < 1.29 is 23.1 Å². The average molecular weight is 388 g/mol. The molecule has 0 fully saturated rings. The maximum Gasteiger partial charge on any atom is 0.248 e. The molecule has 1 aliphatic rings. The van der Waals surface area contributed by atoms with Gasteiger partial charge in [-0.1, -0.05) is 41.1 Å². The molecule has 0 N–H and O–H groups in total. The predicted molar refractivity (Wildman–Crippen MR) is 101 cm³/mol. The lowest BCUT2D eigenvalue weighted by molar-refractivity contribution is -0.137. The van der Waals surface area contributed by atoms with Crippen LogP contribution in [0.2, 0.25) is 0 Å². The maximum atomic E-state index is 14.0. The molecule has 0 spiro atoms. The van der Waals surface area contributed by atoms with Crippen molar-refractivity contribution in [3.63, 3.8) is 0 Å². The highest BCUT2D eigenvalue weighted by molar-refractivity contribution is 6.01. The fraction of sp³-hybridized carbons (Fsp3) is 0.333. The zero-order valence-corrected chi connectivity index (χ0v) is 15.8. The van der Waals surface area contributed by atoms with E-state index in [0.717, 1.165) is 22.9 Å². The number of nitrogens with zero attached hydrogens (tertiary/aromatic N) is 2. The van der Waals surface area contributed by atoms with Crippen LogP contribution in [0.25, 0.3) is 0 Å². The lowest BCUT2D eigenvalue weighted by atomic mass is 10.0. The van der Waals surface area contributed by atoms with Gasteiger partial charge in [0.2, 0.25) is 5.91 Å². The van der Waals surface area contributed by atoms with E-state index in [-0.39, 0.29) is 37.3 Å². The molecule has 28 heavy (non-hydrogen) atoms. The Balaban J connectivity index is 1.68. The van der Waals surface area contributed by atoms with E-state index < -0.39 is 11.6 Å². The van der Waals surface area contributed by atoms with Gasteiger partial charge < -0.3 is 14.5 Å². The smallest absolute Gasteiger partial charge is 0.248 e. The molecule has 2 aromatic rings. The summed E-state index contributed by atoms with van der Waals surface area (Å²) in [5, 5.41) is 4.14. The van der Waals surface area contributed by atoms with Crippen LogP contribution in [-0.4, -0.2) is 42.9 Å². The summed E-state index contributed by atoms with van der Waals surface area (Å²) in [7, 11) is 1.42. The van der Waals surface area contributed by atoms with E-state index in [1.54, 1.807) is 0 Å². The van der Waals surface area contributed by atoms with Gasteiger partial charge in [0.05, 0.1) is 12.3 Å². The molecule has 3 rings (SSSR count). The van der Waals surface area contributed by atoms with Gasteiger partial charge in [-0.25, -0.2) is 8.78 Å². The number of halogens is 2. The number of rotatable bonds is 7. The molecule has 0 radical (unpaired) electrons. The summed E-state index contributed by atoms with van der Waals surface area (Å²) in [5.41, 5.74) is 3.14. The van der Waals surface area contributed by atoms with Crippen molar-refractivity contribution in [3.8, 4) is 0 Å². The monoisotopic (exact) mass is 388 g/mol. The Hall–Kier alpha value is -2.80. The molecular weight excluding hydrogens is 366 g/mol. The quantitative estimate of drug-likeness (QED) is 0.730. The molecule has 1 aliphatic heterocycles. The van der Waals surface area contributed by atoms with Gasteiger partial charge in [0, 0.05) is 31.7 Å². The highest BCUT2D eigenvalue weighted by Gasteiger charge is 2.27. The summed E-state index contributed by atoms with van der Waals surface area (Å²) in [6, 6.07) is 11.2. The van der Waals surface area contributed by atoms with E-state index in [1.165, 1.54) is 24.1 Å². The molecule has 0 aliphatic carbocycles. The Labute approximate surface area is 162 Å². The summed E-state index contributed by atoms with van der Waals surface area (Å²) in [6.45, 7) is 2.08. The summed E-state index contributed by atoms with van der Waals surface area (Å²) in [6.07, 6.45) is 0.187. The van der Waals surface area contributed by atoms with Gasteiger partial charge in [-0.15, -0.1) is 0 Å². The Morgan fingerprint density at radius 1 is 1.25 bits per heavy atom. The average Bonchev–Trinajstić information content (AvgIpc) is 3.12. The van der Waals surface area contributed by atoms with E-state index in [9.17, 15) is 13.6 Å². The fourth-order valence-corrected chi connectivity index (χ4v) is 3.01. The number of benzene rings is 2. The van der Waals surface area contributed by atoms with Crippen LogP contribution >= 0.6 is 0 Å². The van der Waals surface area contributed by atoms with Crippen LogP contribution in [0.5, 0.6) is 0 Å². The Kier molecular flexibility index (Phi) is 6.36. The van der Waals surface area contributed by atoms with Crippen molar-refractivity contribution in [2.24, 2.45) is 5.16 Å². The van der Waals surface area contributed by atoms with Crippen LogP contribution in [0.1, 0.15) is 23.1 Å². The van der Waals surface area contributed by atoms with Crippen molar-refractivity contribution in [3.05, 3.63) is 70.8 Å². The molecule has 1 atom stereocenters. The first-order valence-corrected chi connectivity index (χ1v) is 8.96. The third-order valence-corrected chi connectivity index (χ3v) is 4.54. The van der Waals surface area contributed by atoms with Crippen molar-refractivity contribution in [1.82, 2.24) is 4.90 Å². The van der Waals surface area contributed by atoms with Crippen molar-refractivity contribution in [2.45, 2.75) is 26.0 Å². The number of ether oxygens (including phenoxy) is 1. The van der Waals surface area contributed by atoms with Gasteiger partial charge in [0.15, 0.2) is 6.10 Å². The van der Waals surface area contributed by atoms with E-state index >= 15 is 0 Å². The van der Waals surface area contributed by atoms with Crippen LogP contribution in [0, 0.1) is 18.6 Å². The maximum absolute atomic E-state index is 14.0. The summed E-state index contributed by atoms with van der Waals surface area (Å²) in [4.78, 5) is 19.4. The Morgan fingerprint density at radius 2 is 2.00 bits per heavy atom. The molecular formula is C21H22F2N2O3. The SMILES string of the molecule is COCC(=O)N(Cc1ccc(F)cc1F)CC1CC(c2ccc(C)cc2)=NO1. The molecule has 5 nitrogen and oxygen atoms in total. The largest absolute Gasteiger partial charge is 0.390 e. The van der Waals surface area contributed by atoms with E-state index in [2.05, 4.69) is 5.16 Å². The Bertz CT molecular complexity index is 868. The first kappa shape index (κ1) is 19.9. The number of hydrogen-bond donors (Lipinski definition) is 0. The van der Waals surface area contributed by atoms with Gasteiger partial charge in [-0.3, -0.25) is 4.79 Å². The van der Waals surface area contributed by atoms with Crippen molar-refractivity contribution >= 4 is 11.6 Å². The minimum absolute atomic E-state index is 0.00592. The van der Waals surface area contributed by atoms with Crippen LogP contribution in [-0.2, 0) is 20.9 Å². The number of aryl methyl sites for hydroxylation is 1. The second-order valence-electron chi connectivity index (χ2n) is 6.78. The van der Waals surface area contributed by atoms with Crippen molar-refractivity contribution in [1.29, 1.82) is 0 Å². The lowest BCUT2D eigenvalue weighted by Gasteiger charge is -2.25. The number of amides is 1. The fourth-order valence-electron chi connectivity index (χ4n) is 3.01. The molecule has 1 unspecified atom stereocenters. The van der Waals surface area contributed by atoms with Crippen LogP contribution in [0.4, 0.5) is 8.78 Å². The summed E-state index contributed by atoms with van der Waals surface area (Å²) in [5.74, 6) is -1.66. The van der Waals surface area contributed by atoms with Gasteiger partial charge >= 0.3 is 0 Å². The molecule has 2 aromatic carbocycles. The standard InChI is InChI=1S/C21H22F2N2O3/c1-14-3-5-15(6-4-14)20-10-18(28-24-20)12-25(21(26)13-27-2)11-16-7-8-17(22)9-19(16)23/h3-9,18H,10-13H2,1-2H3. The summed E-state index contributed by atoms with van der Waals surface area (Å²) < 4.78 is 32.1. The minimum atomic E-state index is -0.695. The second-order valence-corrected chi connectivity index (χ2v) is 6.78. The van der Waals surface area contributed by atoms with E-state index in [1.807, 2.05) is 31.2 Å². The summed E-state index contributed by atoms with van der Waals surface area (Å²) >= 11 is 0. The molecule has 1 amide bonds. The number of methoxy groups -OCH3 is 1. The van der Waals surface area contributed by atoms with Crippen molar-refractivity contribution in [2.75, 3.05) is 20.3 Å². The molecule has 0 saturated heterocycles. The highest BCUT2D eigenvalue weighted by atomic mass is 19.1. The highest BCUT2D eigenvalue weighted by Crippen LogP contribution is 2.20. The third kappa shape index (κ3) is 4.92. The first-order chi connectivity index (χ1) is 13.5. The van der Waals surface area contributed by atoms with Gasteiger partial charge in [-0.05, 0) is 18.6 Å². The molecule has 148 valence electrons. The predicted octanol–water partition coefficient (Wildman–Crippen LogP) is 3.44. The normalized spacial score (nSPS) is 15.9. The topological polar surface area (TPSA) is 51.1 Å². The van der Waals surface area contributed by atoms with Crippen LogP contribution in [0.15, 0.2) is 47.6 Å². The zero-order chi connectivity index (χ0) is 20.1. The molecule has 7 heteroatoms. The number of hydrogen-bond acceptors (Lipinski definition) is 4. The molecule has 0 saturated carbocycles. The molecule has 0 bridgehead atoms. The van der Waals surface area contributed by atoms with Gasteiger partial charge in [0.25, 0.3) is 0 Å². The molecule has 1 heterocycles. The Morgan fingerprint density at radius 3 is 2.68 bits per heavy atom. The van der Waals surface area contributed by atoms with E-state index in [4.69, 9.17) is 9.57 Å². The lowest BCUT2D eigenvalue weighted by Crippen LogP contribution is -2.39. The van der Waals surface area contributed by atoms with Gasteiger partial charge in [0.1, 0.15) is 18.2 Å². The molecule has 0 aromatic heterocycles. The zero-order valence-electron chi connectivity index (χ0n) is 15.8. The second kappa shape index (κ2) is 8.93. The third-order valence-electron chi connectivity index (χ3n) is 4.54. The van der Waals surface area contributed by atoms with Gasteiger partial charge in [-0.2, -0.15) is 0 Å². The first-order valence-electron chi connectivity index (χ1n) is 8.96. The number of carbonyl (C=O) groups excluding carboxylic acids is 1. The van der Waals surface area contributed by atoms with E-state index in [0.29, 0.717) is 6.42 Å². The van der Waals surface area contributed by atoms with Crippen LogP contribution in [0.3, 0.4) is 0 Å². The number of oxime groups is 1. The minimum Gasteiger partial charge on any atom is -0.390 e.